The summed E-state index contributed by atoms with van der Waals surface area (Å²) in [4.78, 5) is 8.84. The van der Waals surface area contributed by atoms with Crippen LogP contribution in [-0.4, -0.2) is 16.0 Å². The average Bonchev–Trinajstić information content (AvgIpc) is 3.02. The number of aromatic nitrogens is 2. The minimum Gasteiger partial charge on any atom is -0.351 e. The number of hydrogen-bond acceptors (Lipinski definition) is 3. The van der Waals surface area contributed by atoms with Crippen molar-refractivity contribution >= 4 is 32.8 Å². The summed E-state index contributed by atoms with van der Waals surface area (Å²) in [5, 5.41) is 4.35. The van der Waals surface area contributed by atoms with E-state index in [2.05, 4.69) is 31.2 Å². The van der Waals surface area contributed by atoms with Crippen molar-refractivity contribution in [1.29, 1.82) is 0 Å². The molecule has 1 saturated carbocycles. The Kier molecular flexibility index (Phi) is 2.09. The Balaban J connectivity index is 2.09. The van der Waals surface area contributed by atoms with Gasteiger partial charge in [-0.1, -0.05) is 18.2 Å². The second-order valence-corrected chi connectivity index (χ2v) is 4.52. The highest BCUT2D eigenvalue weighted by Crippen LogP contribution is 2.26. The van der Waals surface area contributed by atoms with Gasteiger partial charge in [-0.25, -0.2) is 9.97 Å². The lowest BCUT2D eigenvalue weighted by Gasteiger charge is -2.05. The van der Waals surface area contributed by atoms with E-state index in [1.807, 2.05) is 24.3 Å². The Morgan fingerprint density at radius 2 is 2.00 bits per heavy atom. The highest BCUT2D eigenvalue weighted by Gasteiger charge is 2.22. The maximum atomic E-state index is 4.46. The Bertz CT molecular complexity index is 508. The van der Waals surface area contributed by atoms with Crippen LogP contribution < -0.4 is 5.32 Å². The summed E-state index contributed by atoms with van der Waals surface area (Å²) < 4.78 is 0.858. The van der Waals surface area contributed by atoms with Gasteiger partial charge in [-0.05, 0) is 34.8 Å². The zero-order chi connectivity index (χ0) is 10.3. The fourth-order valence-corrected chi connectivity index (χ4v) is 2.02. The first-order valence-electron chi connectivity index (χ1n) is 5.02. The van der Waals surface area contributed by atoms with Gasteiger partial charge in [0.25, 0.3) is 0 Å². The Morgan fingerprint density at radius 3 is 2.80 bits per heavy atom. The van der Waals surface area contributed by atoms with Crippen LogP contribution in [0.15, 0.2) is 28.9 Å². The van der Waals surface area contributed by atoms with E-state index in [-0.39, 0.29) is 0 Å². The third-order valence-electron chi connectivity index (χ3n) is 2.47. The molecule has 1 aromatic carbocycles. The van der Waals surface area contributed by atoms with Crippen LogP contribution in [0.4, 0.5) is 5.95 Å². The molecule has 1 heterocycles. The number of anilines is 1. The summed E-state index contributed by atoms with van der Waals surface area (Å²) in [6, 6.07) is 8.57. The highest BCUT2D eigenvalue weighted by atomic mass is 79.9. The molecular weight excluding hydrogens is 254 g/mol. The number of nitrogens with one attached hydrogen (secondary N) is 1. The van der Waals surface area contributed by atoms with Gasteiger partial charge in [-0.3, -0.25) is 0 Å². The molecule has 2 aromatic rings. The van der Waals surface area contributed by atoms with E-state index in [0.717, 1.165) is 21.5 Å². The quantitative estimate of drug-likeness (QED) is 0.847. The van der Waals surface area contributed by atoms with Crippen molar-refractivity contribution < 1.29 is 0 Å². The monoisotopic (exact) mass is 263 g/mol. The average molecular weight is 264 g/mol. The normalized spacial score (nSPS) is 15.5. The van der Waals surface area contributed by atoms with Crippen LogP contribution in [0.1, 0.15) is 12.8 Å². The van der Waals surface area contributed by atoms with Crippen LogP contribution in [0.5, 0.6) is 0 Å². The number of benzene rings is 1. The molecule has 4 heteroatoms. The molecule has 1 aliphatic carbocycles. The summed E-state index contributed by atoms with van der Waals surface area (Å²) in [5.74, 6) is 0.725. The number of halogens is 1. The smallest absolute Gasteiger partial charge is 0.224 e. The first-order chi connectivity index (χ1) is 7.33. The lowest BCUT2D eigenvalue weighted by atomic mass is 10.2. The largest absolute Gasteiger partial charge is 0.351 e. The molecule has 1 fully saturated rings. The molecule has 3 rings (SSSR count). The molecular formula is C11H10BrN3. The maximum Gasteiger partial charge on any atom is 0.224 e. The van der Waals surface area contributed by atoms with Crippen LogP contribution in [0, 0.1) is 0 Å². The van der Waals surface area contributed by atoms with E-state index in [1.165, 1.54) is 12.8 Å². The van der Waals surface area contributed by atoms with Crippen molar-refractivity contribution in [3.63, 3.8) is 0 Å². The Morgan fingerprint density at radius 1 is 1.20 bits per heavy atom. The van der Waals surface area contributed by atoms with Crippen LogP contribution in [0.25, 0.3) is 10.9 Å². The lowest BCUT2D eigenvalue weighted by molar-refractivity contribution is 1.06. The molecule has 1 aromatic heterocycles. The molecule has 0 amide bonds. The van der Waals surface area contributed by atoms with Crippen molar-refractivity contribution in [2.75, 3.05) is 5.32 Å². The SMILES string of the molecule is Brc1nc(NC2CC2)nc2ccccc12. The molecule has 15 heavy (non-hydrogen) atoms. The minimum absolute atomic E-state index is 0.582. The highest BCUT2D eigenvalue weighted by molar-refractivity contribution is 9.10. The second kappa shape index (κ2) is 3.45. The van der Waals surface area contributed by atoms with Gasteiger partial charge in [-0.2, -0.15) is 0 Å². The van der Waals surface area contributed by atoms with Crippen molar-refractivity contribution in [3.8, 4) is 0 Å². The van der Waals surface area contributed by atoms with Gasteiger partial charge in [-0.15, -0.1) is 0 Å². The van der Waals surface area contributed by atoms with Crippen LogP contribution in [-0.2, 0) is 0 Å². The predicted octanol–water partition coefficient (Wildman–Crippen LogP) is 2.97. The van der Waals surface area contributed by atoms with E-state index in [4.69, 9.17) is 0 Å². The Hall–Kier alpha value is -1.16. The number of hydrogen-bond donors (Lipinski definition) is 1. The van der Waals surface area contributed by atoms with Crippen molar-refractivity contribution in [2.45, 2.75) is 18.9 Å². The van der Waals surface area contributed by atoms with Crippen molar-refractivity contribution in [1.82, 2.24) is 9.97 Å². The molecule has 0 aliphatic heterocycles. The standard InChI is InChI=1S/C11H10BrN3/c12-10-8-3-1-2-4-9(8)14-11(15-10)13-7-5-6-7/h1-4,7H,5-6H2,(H,13,14,15). The van der Waals surface area contributed by atoms with Crippen LogP contribution in [0.3, 0.4) is 0 Å². The summed E-state index contributed by atoms with van der Waals surface area (Å²) in [7, 11) is 0. The van der Waals surface area contributed by atoms with Gasteiger partial charge in [0.2, 0.25) is 5.95 Å². The number of nitrogens with zero attached hydrogens (tertiary/aromatic N) is 2. The van der Waals surface area contributed by atoms with Gasteiger partial charge in [0, 0.05) is 11.4 Å². The topological polar surface area (TPSA) is 37.8 Å². The first kappa shape index (κ1) is 9.09. The molecule has 0 unspecified atom stereocenters. The molecule has 1 aliphatic rings. The van der Waals surface area contributed by atoms with Gasteiger partial charge in [0.05, 0.1) is 5.52 Å². The first-order valence-corrected chi connectivity index (χ1v) is 5.81. The van der Waals surface area contributed by atoms with E-state index < -0.39 is 0 Å². The summed E-state index contributed by atoms with van der Waals surface area (Å²) >= 11 is 3.47. The van der Waals surface area contributed by atoms with E-state index in [9.17, 15) is 0 Å². The number of para-hydroxylation sites is 1. The molecule has 0 saturated heterocycles. The van der Waals surface area contributed by atoms with Crippen molar-refractivity contribution in [3.05, 3.63) is 28.9 Å². The second-order valence-electron chi connectivity index (χ2n) is 3.77. The molecule has 0 radical (unpaired) electrons. The third kappa shape index (κ3) is 1.81. The fourth-order valence-electron chi connectivity index (χ4n) is 1.51. The summed E-state index contributed by atoms with van der Waals surface area (Å²) in [5.41, 5.74) is 0.975. The maximum absolute atomic E-state index is 4.46. The van der Waals surface area contributed by atoms with Gasteiger partial charge >= 0.3 is 0 Å². The number of fused-ring (bicyclic) bond motifs is 1. The lowest BCUT2D eigenvalue weighted by Crippen LogP contribution is -2.05. The zero-order valence-corrected chi connectivity index (χ0v) is 9.66. The Labute approximate surface area is 96.1 Å². The van der Waals surface area contributed by atoms with Crippen LogP contribution >= 0.6 is 15.9 Å². The summed E-state index contributed by atoms with van der Waals surface area (Å²) in [6.45, 7) is 0. The molecule has 76 valence electrons. The molecule has 0 atom stereocenters. The number of rotatable bonds is 2. The molecule has 0 bridgehead atoms. The minimum atomic E-state index is 0.582. The molecule has 3 nitrogen and oxygen atoms in total. The predicted molar refractivity (Wildman–Crippen MR) is 63.9 cm³/mol. The van der Waals surface area contributed by atoms with Crippen molar-refractivity contribution in [2.24, 2.45) is 0 Å². The van der Waals surface area contributed by atoms with Gasteiger partial charge in [0.1, 0.15) is 4.60 Å². The molecule has 0 spiro atoms. The van der Waals surface area contributed by atoms with Gasteiger partial charge in [0.15, 0.2) is 0 Å². The molecule has 1 N–H and O–H groups in total. The summed E-state index contributed by atoms with van der Waals surface area (Å²) in [6.07, 6.45) is 2.46. The van der Waals surface area contributed by atoms with E-state index in [1.54, 1.807) is 0 Å². The van der Waals surface area contributed by atoms with E-state index >= 15 is 0 Å². The van der Waals surface area contributed by atoms with E-state index in [0.29, 0.717) is 6.04 Å². The van der Waals surface area contributed by atoms with Gasteiger partial charge < -0.3 is 5.32 Å². The fraction of sp³-hybridized carbons (Fsp3) is 0.273. The zero-order valence-electron chi connectivity index (χ0n) is 8.07. The third-order valence-corrected chi connectivity index (χ3v) is 3.07. The van der Waals surface area contributed by atoms with Crippen LogP contribution in [0.2, 0.25) is 0 Å².